The van der Waals surface area contributed by atoms with E-state index >= 15 is 0 Å². The maximum atomic E-state index is 10.2. The molecule has 0 radical (unpaired) electrons. The van der Waals surface area contributed by atoms with Crippen LogP contribution in [0.25, 0.3) is 0 Å². The van der Waals surface area contributed by atoms with Crippen molar-refractivity contribution in [2.24, 2.45) is 5.41 Å². The summed E-state index contributed by atoms with van der Waals surface area (Å²) in [7, 11) is 0. The van der Waals surface area contributed by atoms with Crippen molar-refractivity contribution in [1.82, 2.24) is 0 Å². The van der Waals surface area contributed by atoms with E-state index in [0.29, 0.717) is 11.8 Å². The summed E-state index contributed by atoms with van der Waals surface area (Å²) in [4.78, 5) is 20.8. The van der Waals surface area contributed by atoms with Crippen molar-refractivity contribution in [3.63, 3.8) is 0 Å². The Balaban J connectivity index is 0. The Morgan fingerprint density at radius 2 is 1.21 bits per heavy atom. The third kappa shape index (κ3) is 19.4. The van der Waals surface area contributed by atoms with Gasteiger partial charge in [0.2, 0.25) is 0 Å². The molecule has 0 aliphatic carbocycles. The minimum Gasteiger partial charge on any atom is -0.481 e. The van der Waals surface area contributed by atoms with E-state index in [4.69, 9.17) is 14.9 Å². The topological polar surface area (TPSA) is 55.8 Å². The molecule has 0 aliphatic rings. The number of hydrogen-bond donors (Lipinski definition) is 1. The van der Waals surface area contributed by atoms with Gasteiger partial charge in [-0.15, -0.1) is 0 Å². The molecular weight excluding hydrogens is 304 g/mol. The molecule has 0 aromatic rings. The fraction of sp³-hybridized carbons (Fsp3) is 0.950. The van der Waals surface area contributed by atoms with E-state index in [0.717, 1.165) is 32.1 Å². The summed E-state index contributed by atoms with van der Waals surface area (Å²) in [6.45, 7) is 18.9. The minimum atomic E-state index is -0.675. The van der Waals surface area contributed by atoms with Gasteiger partial charge in [0.25, 0.3) is 0 Å². The zero-order valence-electron chi connectivity index (χ0n) is 17.6. The maximum absolute atomic E-state index is 10.2. The van der Waals surface area contributed by atoms with E-state index in [1.54, 1.807) is 0 Å². The van der Waals surface area contributed by atoms with E-state index in [9.17, 15) is 4.79 Å². The molecule has 0 saturated carbocycles. The quantitative estimate of drug-likeness (QED) is 0.283. The van der Waals surface area contributed by atoms with Crippen molar-refractivity contribution in [3.05, 3.63) is 0 Å². The molecule has 4 heteroatoms. The van der Waals surface area contributed by atoms with Crippen molar-refractivity contribution in [2.45, 2.75) is 118 Å². The summed E-state index contributed by atoms with van der Waals surface area (Å²) in [5.74, 6) is -0.675. The van der Waals surface area contributed by atoms with Crippen LogP contribution in [0, 0.1) is 5.41 Å². The summed E-state index contributed by atoms with van der Waals surface area (Å²) in [6, 6.07) is 0. The van der Waals surface area contributed by atoms with Crippen LogP contribution >= 0.6 is 0 Å². The Labute approximate surface area is 150 Å². The van der Waals surface area contributed by atoms with Crippen molar-refractivity contribution >= 4 is 5.97 Å². The number of hydrogen-bond acceptors (Lipinski definition) is 3. The number of aliphatic carboxylic acids is 1. The van der Waals surface area contributed by atoms with Gasteiger partial charge in [-0.3, -0.25) is 4.79 Å². The highest BCUT2D eigenvalue weighted by Crippen LogP contribution is 2.22. The van der Waals surface area contributed by atoms with E-state index < -0.39 is 5.97 Å². The smallest absolute Gasteiger partial charge is 0.303 e. The monoisotopic (exact) mass is 346 g/mol. The van der Waals surface area contributed by atoms with Crippen LogP contribution in [-0.4, -0.2) is 22.3 Å². The zero-order chi connectivity index (χ0) is 19.4. The summed E-state index contributed by atoms with van der Waals surface area (Å²) in [6.07, 6.45) is 6.43. The first-order chi connectivity index (χ1) is 10.7. The van der Waals surface area contributed by atoms with Crippen molar-refractivity contribution in [1.29, 1.82) is 0 Å². The molecule has 0 atom stereocenters. The molecule has 0 unspecified atom stereocenters. The normalized spacial score (nSPS) is 12.5. The Hall–Kier alpha value is -0.610. The van der Waals surface area contributed by atoms with Crippen molar-refractivity contribution in [2.75, 3.05) is 0 Å². The lowest BCUT2D eigenvalue weighted by Crippen LogP contribution is -2.31. The highest BCUT2D eigenvalue weighted by Gasteiger charge is 2.23. The second kappa shape index (κ2) is 11.9. The maximum Gasteiger partial charge on any atom is 0.303 e. The molecule has 0 aliphatic heterocycles. The molecule has 0 amide bonds. The molecule has 0 heterocycles. The number of carbonyl (C=O) groups is 1. The third-order valence-electron chi connectivity index (χ3n) is 4.01. The molecular formula is C20H42O4. The molecule has 0 fully saturated rings. The number of rotatable bonds is 10. The van der Waals surface area contributed by atoms with Gasteiger partial charge in [-0.1, -0.05) is 47.5 Å². The van der Waals surface area contributed by atoms with Gasteiger partial charge in [-0.2, -0.15) is 0 Å². The molecule has 0 aromatic heterocycles. The van der Waals surface area contributed by atoms with Gasteiger partial charge in [0.15, 0.2) is 0 Å². The molecule has 0 aromatic carbocycles. The SMILES string of the molecule is CC(C)(C)CCCCCC(=O)O.CCC(C)(C)OOC(C)(C)CC. The van der Waals surface area contributed by atoms with E-state index in [1.807, 2.05) is 27.7 Å². The third-order valence-corrected chi connectivity index (χ3v) is 4.01. The van der Waals surface area contributed by atoms with Crippen molar-refractivity contribution in [3.8, 4) is 0 Å². The van der Waals surface area contributed by atoms with E-state index in [-0.39, 0.29) is 11.2 Å². The Kier molecular flexibility index (Phi) is 12.7. The van der Waals surface area contributed by atoms with Gasteiger partial charge >= 0.3 is 5.97 Å². The number of unbranched alkanes of at least 4 members (excludes halogenated alkanes) is 2. The average molecular weight is 347 g/mol. The highest BCUT2D eigenvalue weighted by molar-refractivity contribution is 5.66. The molecule has 0 spiro atoms. The largest absolute Gasteiger partial charge is 0.481 e. The van der Waals surface area contributed by atoms with Crippen LogP contribution < -0.4 is 0 Å². The standard InChI is InChI=1S/C10H22O2.C10H20O2/c1-7-9(3,4)11-12-10(5,6)8-2;1-10(2,3)8-6-4-5-7-9(11)12/h7-8H2,1-6H3;4-8H2,1-3H3,(H,11,12). The van der Waals surface area contributed by atoms with Crippen LogP contribution in [0.5, 0.6) is 0 Å². The molecule has 0 bridgehead atoms. The highest BCUT2D eigenvalue weighted by atomic mass is 17.2. The van der Waals surface area contributed by atoms with Crippen LogP contribution in [0.2, 0.25) is 0 Å². The zero-order valence-corrected chi connectivity index (χ0v) is 17.6. The predicted octanol–water partition coefficient (Wildman–Crippen LogP) is 6.38. The van der Waals surface area contributed by atoms with Crippen LogP contribution in [0.1, 0.15) is 107 Å². The summed E-state index contributed by atoms with van der Waals surface area (Å²) in [5.41, 5.74) is 0.0438. The summed E-state index contributed by atoms with van der Waals surface area (Å²) < 4.78 is 0. The van der Waals surface area contributed by atoms with Gasteiger partial charge in [-0.25, -0.2) is 9.78 Å². The Bertz CT molecular complexity index is 311. The van der Waals surface area contributed by atoms with Gasteiger partial charge in [0.05, 0.1) is 11.2 Å². The fourth-order valence-electron chi connectivity index (χ4n) is 1.45. The van der Waals surface area contributed by atoms with Crippen LogP contribution in [-0.2, 0) is 14.6 Å². The lowest BCUT2D eigenvalue weighted by atomic mass is 9.89. The number of carboxylic acid groups (broad SMARTS) is 1. The summed E-state index contributed by atoms with van der Waals surface area (Å²) in [5, 5.41) is 8.37. The van der Waals surface area contributed by atoms with Crippen LogP contribution in [0.15, 0.2) is 0 Å². The minimum absolute atomic E-state index is 0.174. The van der Waals surface area contributed by atoms with Crippen LogP contribution in [0.4, 0.5) is 0 Å². The second-order valence-corrected chi connectivity index (χ2v) is 8.91. The number of carboxylic acids is 1. The molecule has 0 saturated heterocycles. The van der Waals surface area contributed by atoms with Gasteiger partial charge in [0, 0.05) is 6.42 Å². The van der Waals surface area contributed by atoms with Crippen molar-refractivity contribution < 1.29 is 19.7 Å². The van der Waals surface area contributed by atoms with Gasteiger partial charge < -0.3 is 5.11 Å². The Morgan fingerprint density at radius 3 is 1.50 bits per heavy atom. The van der Waals surface area contributed by atoms with Crippen LogP contribution in [0.3, 0.4) is 0 Å². The second-order valence-electron chi connectivity index (χ2n) is 8.91. The average Bonchev–Trinajstić information content (AvgIpc) is 2.44. The molecule has 24 heavy (non-hydrogen) atoms. The van der Waals surface area contributed by atoms with Gasteiger partial charge in [-0.05, 0) is 58.8 Å². The fourth-order valence-corrected chi connectivity index (χ4v) is 1.45. The predicted molar refractivity (Wildman–Crippen MR) is 101 cm³/mol. The lowest BCUT2D eigenvalue weighted by molar-refractivity contribution is -0.401. The summed E-state index contributed by atoms with van der Waals surface area (Å²) >= 11 is 0. The molecule has 4 nitrogen and oxygen atoms in total. The van der Waals surface area contributed by atoms with E-state index in [1.165, 1.54) is 6.42 Å². The molecule has 0 rings (SSSR count). The van der Waals surface area contributed by atoms with Gasteiger partial charge in [0.1, 0.15) is 0 Å². The lowest BCUT2D eigenvalue weighted by Gasteiger charge is -2.29. The Morgan fingerprint density at radius 1 is 0.792 bits per heavy atom. The first kappa shape index (κ1) is 25.6. The first-order valence-corrected chi connectivity index (χ1v) is 9.33. The molecule has 1 N–H and O–H groups in total. The first-order valence-electron chi connectivity index (χ1n) is 9.33. The van der Waals surface area contributed by atoms with E-state index in [2.05, 4.69) is 34.6 Å². The molecule has 146 valence electrons.